The largest absolute Gasteiger partial charge is 0.381 e. The number of hydrogen-bond donors (Lipinski definition) is 2. The molecule has 0 radical (unpaired) electrons. The third kappa shape index (κ3) is 3.35. The van der Waals surface area contributed by atoms with E-state index in [4.69, 9.17) is 0 Å². The van der Waals surface area contributed by atoms with Crippen LogP contribution in [0.3, 0.4) is 0 Å². The molecule has 2 heterocycles. The van der Waals surface area contributed by atoms with Crippen molar-refractivity contribution in [3.8, 4) is 0 Å². The Morgan fingerprint density at radius 2 is 1.96 bits per heavy atom. The average molecular weight is 349 g/mol. The van der Waals surface area contributed by atoms with Crippen molar-refractivity contribution in [3.05, 3.63) is 54.2 Å². The minimum absolute atomic E-state index is 0.161. The highest BCUT2D eigenvalue weighted by Gasteiger charge is 2.20. The third-order valence-corrected chi connectivity index (χ3v) is 4.98. The number of amides is 1. The molecule has 1 fully saturated rings. The summed E-state index contributed by atoms with van der Waals surface area (Å²) in [4.78, 5) is 15.8. The van der Waals surface area contributed by atoms with Crippen LogP contribution < -0.4 is 10.2 Å². The standard InChI is InChI=1S/C20H23N5O/c1-15(26)24-8-10-25(11-9-24)20-5-3-2-4-16(20)13-21-18-6-7-19-17(12-18)14-22-23-19/h2-7,12,14,21H,8-11,13H2,1H3,(H,22,23). The van der Waals surface area contributed by atoms with Gasteiger partial charge in [-0.1, -0.05) is 18.2 Å². The van der Waals surface area contributed by atoms with Crippen LogP contribution in [0.15, 0.2) is 48.7 Å². The Hall–Kier alpha value is -3.02. The number of carbonyl (C=O) groups excluding carboxylic acids is 1. The molecule has 1 saturated heterocycles. The monoisotopic (exact) mass is 349 g/mol. The van der Waals surface area contributed by atoms with Gasteiger partial charge in [0.2, 0.25) is 5.91 Å². The number of para-hydroxylation sites is 1. The van der Waals surface area contributed by atoms with E-state index in [0.717, 1.165) is 49.3 Å². The van der Waals surface area contributed by atoms with Crippen molar-refractivity contribution in [1.29, 1.82) is 0 Å². The van der Waals surface area contributed by atoms with Crippen LogP contribution in [0.5, 0.6) is 0 Å². The molecule has 0 unspecified atom stereocenters. The van der Waals surface area contributed by atoms with E-state index in [1.807, 2.05) is 17.2 Å². The molecule has 3 aromatic rings. The number of piperazine rings is 1. The van der Waals surface area contributed by atoms with Gasteiger partial charge in [-0.3, -0.25) is 9.89 Å². The van der Waals surface area contributed by atoms with Crippen LogP contribution in [-0.4, -0.2) is 47.2 Å². The molecule has 1 aromatic heterocycles. The molecule has 2 aromatic carbocycles. The number of fused-ring (bicyclic) bond motifs is 1. The summed E-state index contributed by atoms with van der Waals surface area (Å²) in [5.74, 6) is 0.161. The number of hydrogen-bond acceptors (Lipinski definition) is 4. The molecule has 0 spiro atoms. The van der Waals surface area contributed by atoms with Crippen molar-refractivity contribution in [2.75, 3.05) is 36.4 Å². The van der Waals surface area contributed by atoms with Crippen molar-refractivity contribution in [2.45, 2.75) is 13.5 Å². The zero-order valence-electron chi connectivity index (χ0n) is 14.9. The zero-order valence-corrected chi connectivity index (χ0v) is 14.9. The van der Waals surface area contributed by atoms with Gasteiger partial charge < -0.3 is 15.1 Å². The van der Waals surface area contributed by atoms with Crippen LogP contribution in [-0.2, 0) is 11.3 Å². The molecule has 0 aliphatic carbocycles. The maximum absolute atomic E-state index is 11.5. The zero-order chi connectivity index (χ0) is 17.9. The summed E-state index contributed by atoms with van der Waals surface area (Å²) in [6.07, 6.45) is 1.84. The van der Waals surface area contributed by atoms with Gasteiger partial charge in [0.15, 0.2) is 0 Å². The topological polar surface area (TPSA) is 64.3 Å². The molecule has 6 heteroatoms. The first-order chi connectivity index (χ1) is 12.7. The molecular weight excluding hydrogens is 326 g/mol. The molecule has 134 valence electrons. The minimum Gasteiger partial charge on any atom is -0.381 e. The number of H-pyrrole nitrogens is 1. The van der Waals surface area contributed by atoms with Gasteiger partial charge >= 0.3 is 0 Å². The molecule has 0 bridgehead atoms. The normalized spacial score (nSPS) is 14.7. The summed E-state index contributed by atoms with van der Waals surface area (Å²) in [6, 6.07) is 14.7. The average Bonchev–Trinajstić information content (AvgIpc) is 3.14. The second-order valence-corrected chi connectivity index (χ2v) is 6.65. The van der Waals surface area contributed by atoms with E-state index in [9.17, 15) is 4.79 Å². The van der Waals surface area contributed by atoms with Crippen LogP contribution in [0.1, 0.15) is 12.5 Å². The van der Waals surface area contributed by atoms with Crippen LogP contribution in [0.25, 0.3) is 10.9 Å². The Morgan fingerprint density at radius 1 is 1.15 bits per heavy atom. The van der Waals surface area contributed by atoms with Crippen molar-refractivity contribution in [2.24, 2.45) is 0 Å². The first kappa shape index (κ1) is 16.4. The fourth-order valence-corrected chi connectivity index (χ4v) is 3.48. The highest BCUT2D eigenvalue weighted by Crippen LogP contribution is 2.24. The second-order valence-electron chi connectivity index (χ2n) is 6.65. The second kappa shape index (κ2) is 7.07. The van der Waals surface area contributed by atoms with Gasteiger partial charge in [0.05, 0.1) is 11.7 Å². The number of carbonyl (C=O) groups is 1. The SMILES string of the molecule is CC(=O)N1CCN(c2ccccc2CNc2ccc3[nH]ncc3c2)CC1. The number of nitrogens with one attached hydrogen (secondary N) is 2. The number of rotatable bonds is 4. The fourth-order valence-electron chi connectivity index (χ4n) is 3.48. The lowest BCUT2D eigenvalue weighted by molar-refractivity contribution is -0.129. The van der Waals surface area contributed by atoms with Crippen LogP contribution >= 0.6 is 0 Å². The summed E-state index contributed by atoms with van der Waals surface area (Å²) in [7, 11) is 0. The van der Waals surface area contributed by atoms with E-state index in [1.54, 1.807) is 6.92 Å². The summed E-state index contributed by atoms with van der Waals surface area (Å²) in [5, 5.41) is 11.7. The lowest BCUT2D eigenvalue weighted by Crippen LogP contribution is -2.48. The number of aromatic nitrogens is 2. The first-order valence-electron chi connectivity index (χ1n) is 8.96. The molecule has 0 saturated carbocycles. The quantitative estimate of drug-likeness (QED) is 0.760. The summed E-state index contributed by atoms with van der Waals surface area (Å²) < 4.78 is 0. The third-order valence-electron chi connectivity index (χ3n) is 4.98. The van der Waals surface area contributed by atoms with E-state index >= 15 is 0 Å². The molecule has 4 rings (SSSR count). The van der Waals surface area contributed by atoms with Crippen molar-refractivity contribution < 1.29 is 4.79 Å². The maximum Gasteiger partial charge on any atom is 0.219 e. The van der Waals surface area contributed by atoms with Crippen LogP contribution in [0, 0.1) is 0 Å². The van der Waals surface area contributed by atoms with E-state index < -0.39 is 0 Å². The summed E-state index contributed by atoms with van der Waals surface area (Å²) in [6.45, 7) is 5.72. The maximum atomic E-state index is 11.5. The van der Waals surface area contributed by atoms with Gasteiger partial charge in [-0.05, 0) is 29.8 Å². The molecule has 1 aliphatic rings. The minimum atomic E-state index is 0.161. The van der Waals surface area contributed by atoms with E-state index in [1.165, 1.54) is 11.3 Å². The van der Waals surface area contributed by atoms with E-state index in [2.05, 4.69) is 56.8 Å². The summed E-state index contributed by atoms with van der Waals surface area (Å²) >= 11 is 0. The fraction of sp³-hybridized carbons (Fsp3) is 0.300. The van der Waals surface area contributed by atoms with Crippen LogP contribution in [0.4, 0.5) is 11.4 Å². The van der Waals surface area contributed by atoms with E-state index in [0.29, 0.717) is 0 Å². The van der Waals surface area contributed by atoms with Gasteiger partial charge in [0.25, 0.3) is 0 Å². The Kier molecular flexibility index (Phi) is 4.48. The Morgan fingerprint density at radius 3 is 2.77 bits per heavy atom. The molecular formula is C20H23N5O. The molecule has 0 atom stereocenters. The Bertz CT molecular complexity index is 911. The molecule has 1 aliphatic heterocycles. The Labute approximate surface area is 152 Å². The Balaban J connectivity index is 1.46. The summed E-state index contributed by atoms with van der Waals surface area (Å²) in [5.41, 5.74) is 4.62. The number of aromatic amines is 1. The molecule has 2 N–H and O–H groups in total. The van der Waals surface area contributed by atoms with Crippen molar-refractivity contribution in [3.63, 3.8) is 0 Å². The number of nitrogens with zero attached hydrogens (tertiary/aromatic N) is 3. The first-order valence-corrected chi connectivity index (χ1v) is 8.96. The number of benzene rings is 2. The predicted molar refractivity (Wildman–Crippen MR) is 104 cm³/mol. The van der Waals surface area contributed by atoms with Gasteiger partial charge in [0.1, 0.15) is 0 Å². The van der Waals surface area contributed by atoms with Crippen molar-refractivity contribution in [1.82, 2.24) is 15.1 Å². The van der Waals surface area contributed by atoms with Gasteiger partial charge in [-0.2, -0.15) is 5.10 Å². The van der Waals surface area contributed by atoms with Gasteiger partial charge in [0, 0.05) is 56.4 Å². The molecule has 26 heavy (non-hydrogen) atoms. The molecule has 6 nitrogen and oxygen atoms in total. The van der Waals surface area contributed by atoms with Crippen LogP contribution in [0.2, 0.25) is 0 Å². The van der Waals surface area contributed by atoms with Gasteiger partial charge in [-0.25, -0.2) is 0 Å². The highest BCUT2D eigenvalue weighted by atomic mass is 16.2. The van der Waals surface area contributed by atoms with E-state index in [-0.39, 0.29) is 5.91 Å². The highest BCUT2D eigenvalue weighted by molar-refractivity contribution is 5.81. The number of anilines is 2. The lowest BCUT2D eigenvalue weighted by Gasteiger charge is -2.36. The van der Waals surface area contributed by atoms with Crippen molar-refractivity contribution >= 4 is 28.2 Å². The lowest BCUT2D eigenvalue weighted by atomic mass is 10.1. The smallest absolute Gasteiger partial charge is 0.219 e. The predicted octanol–water partition coefficient (Wildman–Crippen LogP) is 2.84. The molecule has 1 amide bonds. The van der Waals surface area contributed by atoms with Gasteiger partial charge in [-0.15, -0.1) is 0 Å².